The third kappa shape index (κ3) is 5.64. The Hall–Kier alpha value is -3.31. The average molecular weight is 437 g/mol. The molecule has 0 aromatic heterocycles. The van der Waals surface area contributed by atoms with Gasteiger partial charge in [0.05, 0.1) is 5.56 Å². The lowest BCUT2D eigenvalue weighted by Gasteiger charge is -2.16. The highest BCUT2D eigenvalue weighted by atomic mass is 35.5. The molecular weight excluding hydrogens is 412 g/mol. The molecule has 31 heavy (non-hydrogen) atoms. The number of rotatable bonds is 8. The maximum atomic E-state index is 12.7. The Morgan fingerprint density at radius 1 is 0.871 bits per heavy atom. The number of carbonyl (C=O) groups is 2. The molecule has 0 bridgehead atoms. The minimum atomic E-state index is -0.315. The molecule has 0 aliphatic heterocycles. The van der Waals surface area contributed by atoms with Gasteiger partial charge in [-0.3, -0.25) is 9.59 Å². The van der Waals surface area contributed by atoms with Crippen molar-refractivity contribution in [1.82, 2.24) is 0 Å². The fourth-order valence-electron chi connectivity index (χ4n) is 3.29. The minimum Gasteiger partial charge on any atom is -0.483 e. The molecule has 0 radical (unpaired) electrons. The van der Waals surface area contributed by atoms with Gasteiger partial charge >= 0.3 is 0 Å². The molecule has 0 fully saturated rings. The second-order valence-electron chi connectivity index (χ2n) is 6.92. The van der Waals surface area contributed by atoms with Gasteiger partial charge in [-0.15, -0.1) is 0 Å². The second-order valence-corrected chi connectivity index (χ2v) is 7.33. The summed E-state index contributed by atoms with van der Waals surface area (Å²) >= 11 is 6.31. The zero-order valence-electron chi connectivity index (χ0n) is 17.6. The molecule has 160 valence electrons. The highest BCUT2D eigenvalue weighted by Gasteiger charge is 2.16. The summed E-state index contributed by atoms with van der Waals surface area (Å²) in [5, 5.41) is 6.38. The van der Waals surface area contributed by atoms with E-state index in [-0.39, 0.29) is 18.4 Å². The van der Waals surface area contributed by atoms with Crippen LogP contribution in [0.2, 0.25) is 5.02 Å². The number of para-hydroxylation sites is 2. The van der Waals surface area contributed by atoms with Crippen LogP contribution in [0, 0.1) is 0 Å². The van der Waals surface area contributed by atoms with E-state index in [0.717, 1.165) is 23.2 Å². The minimum absolute atomic E-state index is 0.228. The monoisotopic (exact) mass is 436 g/mol. The van der Waals surface area contributed by atoms with Gasteiger partial charge in [-0.25, -0.2) is 0 Å². The van der Waals surface area contributed by atoms with Gasteiger partial charge in [0.25, 0.3) is 11.8 Å². The number of aryl methyl sites for hydroxylation is 1. The van der Waals surface area contributed by atoms with Crippen molar-refractivity contribution in [3.05, 3.63) is 88.4 Å². The van der Waals surface area contributed by atoms with E-state index in [2.05, 4.69) is 10.6 Å². The average Bonchev–Trinajstić information content (AvgIpc) is 2.79. The Labute approximate surface area is 187 Å². The lowest BCUT2D eigenvalue weighted by atomic mass is 10.0. The maximum Gasteiger partial charge on any atom is 0.262 e. The number of ether oxygens (including phenoxy) is 1. The topological polar surface area (TPSA) is 67.4 Å². The van der Waals surface area contributed by atoms with Crippen LogP contribution < -0.4 is 15.4 Å². The van der Waals surface area contributed by atoms with Crippen LogP contribution in [0.3, 0.4) is 0 Å². The first kappa shape index (κ1) is 22.4. The molecule has 0 spiro atoms. The molecular formula is C25H25ClN2O3. The number of halogens is 1. The zero-order chi connectivity index (χ0) is 22.2. The summed E-state index contributed by atoms with van der Waals surface area (Å²) in [6, 6.07) is 19.8. The molecule has 5 nitrogen and oxygen atoms in total. The lowest BCUT2D eigenvalue weighted by molar-refractivity contribution is -0.118. The predicted molar refractivity (Wildman–Crippen MR) is 125 cm³/mol. The van der Waals surface area contributed by atoms with Gasteiger partial charge in [0.2, 0.25) is 0 Å². The molecule has 3 rings (SSSR count). The summed E-state index contributed by atoms with van der Waals surface area (Å²) in [6.07, 6.45) is 1.47. The molecule has 0 unspecified atom stereocenters. The van der Waals surface area contributed by atoms with E-state index in [0.29, 0.717) is 28.4 Å². The van der Waals surface area contributed by atoms with Crippen LogP contribution in [0.1, 0.15) is 35.3 Å². The number of benzene rings is 3. The van der Waals surface area contributed by atoms with Crippen molar-refractivity contribution in [2.24, 2.45) is 0 Å². The van der Waals surface area contributed by atoms with Crippen molar-refractivity contribution in [2.75, 3.05) is 17.2 Å². The summed E-state index contributed by atoms with van der Waals surface area (Å²) < 4.78 is 5.70. The number of carbonyl (C=O) groups excluding carboxylic acids is 2. The van der Waals surface area contributed by atoms with Crippen LogP contribution in [0.15, 0.2) is 66.7 Å². The number of hydrogen-bond donors (Lipinski definition) is 2. The van der Waals surface area contributed by atoms with Crippen LogP contribution in [0.5, 0.6) is 5.75 Å². The molecule has 2 amide bonds. The molecule has 3 aromatic carbocycles. The van der Waals surface area contributed by atoms with Crippen molar-refractivity contribution >= 4 is 34.8 Å². The van der Waals surface area contributed by atoms with Gasteiger partial charge in [-0.05, 0) is 54.3 Å². The molecule has 0 saturated heterocycles. The highest BCUT2D eigenvalue weighted by molar-refractivity contribution is 6.32. The van der Waals surface area contributed by atoms with Gasteiger partial charge in [-0.2, -0.15) is 0 Å². The molecule has 6 heteroatoms. The van der Waals surface area contributed by atoms with Gasteiger partial charge in [0.15, 0.2) is 6.61 Å². The standard InChI is InChI=1S/C25H25ClN2O3/c1-3-17-14-15-21(26)19(4-2)24(17)28-23(29)16-31-22-13-9-8-12-20(22)25(30)27-18-10-6-5-7-11-18/h5-15H,3-4,16H2,1-2H3,(H,27,30)(H,28,29). The quantitative estimate of drug-likeness (QED) is 0.473. The van der Waals surface area contributed by atoms with Crippen LogP contribution >= 0.6 is 11.6 Å². The van der Waals surface area contributed by atoms with E-state index in [4.69, 9.17) is 16.3 Å². The first-order valence-electron chi connectivity index (χ1n) is 10.2. The smallest absolute Gasteiger partial charge is 0.262 e. The van der Waals surface area contributed by atoms with Gasteiger partial charge in [-0.1, -0.05) is 61.8 Å². The highest BCUT2D eigenvalue weighted by Crippen LogP contribution is 2.29. The maximum absolute atomic E-state index is 12.7. The SMILES string of the molecule is CCc1ccc(Cl)c(CC)c1NC(=O)COc1ccccc1C(=O)Nc1ccccc1. The van der Waals surface area contributed by atoms with E-state index in [1.54, 1.807) is 36.4 Å². The number of nitrogens with one attached hydrogen (secondary N) is 2. The molecule has 0 atom stereocenters. The van der Waals surface area contributed by atoms with E-state index >= 15 is 0 Å². The van der Waals surface area contributed by atoms with Crippen molar-refractivity contribution in [2.45, 2.75) is 26.7 Å². The summed E-state index contributed by atoms with van der Waals surface area (Å²) in [4.78, 5) is 25.3. The largest absolute Gasteiger partial charge is 0.483 e. The molecule has 3 aromatic rings. The third-order valence-corrected chi connectivity index (χ3v) is 5.22. The Morgan fingerprint density at radius 2 is 1.58 bits per heavy atom. The molecule has 0 saturated carbocycles. The molecule has 0 aliphatic rings. The van der Waals surface area contributed by atoms with Crippen LogP contribution in [-0.4, -0.2) is 18.4 Å². The first-order chi connectivity index (χ1) is 15.0. The van der Waals surface area contributed by atoms with Gasteiger partial charge in [0.1, 0.15) is 5.75 Å². The number of amides is 2. The second kappa shape index (κ2) is 10.6. The summed E-state index contributed by atoms with van der Waals surface area (Å²) in [7, 11) is 0. The van der Waals surface area contributed by atoms with Crippen molar-refractivity contribution in [3.63, 3.8) is 0 Å². The number of anilines is 2. The summed E-state index contributed by atoms with van der Waals surface area (Å²) in [6.45, 7) is 3.79. The van der Waals surface area contributed by atoms with Crippen LogP contribution in [-0.2, 0) is 17.6 Å². The molecule has 2 N–H and O–H groups in total. The third-order valence-electron chi connectivity index (χ3n) is 4.86. The lowest BCUT2D eigenvalue weighted by Crippen LogP contribution is -2.23. The molecule has 0 heterocycles. The normalized spacial score (nSPS) is 10.4. The predicted octanol–water partition coefficient (Wildman–Crippen LogP) is 5.73. The van der Waals surface area contributed by atoms with Crippen molar-refractivity contribution < 1.29 is 14.3 Å². The van der Waals surface area contributed by atoms with Crippen molar-refractivity contribution in [1.29, 1.82) is 0 Å². The van der Waals surface area contributed by atoms with Gasteiger partial charge < -0.3 is 15.4 Å². The zero-order valence-corrected chi connectivity index (χ0v) is 18.3. The van der Waals surface area contributed by atoms with Crippen LogP contribution in [0.4, 0.5) is 11.4 Å². The first-order valence-corrected chi connectivity index (χ1v) is 10.6. The summed E-state index contributed by atoms with van der Waals surface area (Å²) in [5.41, 5.74) is 3.68. The fourth-order valence-corrected chi connectivity index (χ4v) is 3.58. The fraction of sp³-hybridized carbons (Fsp3) is 0.200. The Morgan fingerprint density at radius 3 is 2.29 bits per heavy atom. The number of hydrogen-bond acceptors (Lipinski definition) is 3. The van der Waals surface area contributed by atoms with E-state index < -0.39 is 0 Å². The Balaban J connectivity index is 1.71. The Kier molecular flexibility index (Phi) is 7.68. The molecule has 0 aliphatic carbocycles. The Bertz CT molecular complexity index is 1070. The van der Waals surface area contributed by atoms with E-state index in [9.17, 15) is 9.59 Å². The van der Waals surface area contributed by atoms with E-state index in [1.807, 2.05) is 44.2 Å². The summed E-state index contributed by atoms with van der Waals surface area (Å²) in [5.74, 6) is -0.285. The van der Waals surface area contributed by atoms with Crippen molar-refractivity contribution in [3.8, 4) is 5.75 Å². The van der Waals surface area contributed by atoms with E-state index in [1.165, 1.54) is 0 Å². The van der Waals surface area contributed by atoms with Crippen LogP contribution in [0.25, 0.3) is 0 Å². The van der Waals surface area contributed by atoms with Gasteiger partial charge in [0, 0.05) is 16.4 Å².